The number of likely N-dealkylation sites (tertiary alicyclic amines) is 1. The summed E-state index contributed by atoms with van der Waals surface area (Å²) in [5, 5.41) is 10.7. The molecular formula is C36H29BrCl2N2O8. The molecule has 13 heteroatoms. The summed E-state index contributed by atoms with van der Waals surface area (Å²) in [4.78, 5) is 67.4. The zero-order chi connectivity index (χ0) is 35.0. The van der Waals surface area contributed by atoms with Crippen LogP contribution in [0.2, 0.25) is 0 Å². The lowest BCUT2D eigenvalue weighted by Gasteiger charge is -2.50. The van der Waals surface area contributed by atoms with Gasteiger partial charge in [-0.2, -0.15) is 0 Å². The van der Waals surface area contributed by atoms with Crippen molar-refractivity contribution in [2.75, 3.05) is 24.6 Å². The molecule has 4 aliphatic rings. The van der Waals surface area contributed by atoms with Gasteiger partial charge in [-0.3, -0.25) is 33.8 Å². The molecule has 6 atom stereocenters. The van der Waals surface area contributed by atoms with Crippen molar-refractivity contribution in [3.05, 3.63) is 95.1 Å². The Labute approximate surface area is 299 Å². The topological polar surface area (TPSA) is 131 Å². The number of carbonyl (C=O) groups excluding carboxylic acids is 5. The van der Waals surface area contributed by atoms with Gasteiger partial charge in [-0.15, -0.1) is 23.2 Å². The highest BCUT2D eigenvalue weighted by atomic mass is 79.9. The number of phenols is 1. The maximum absolute atomic E-state index is 14.4. The SMILES string of the molecule is COc1cc([C@H]2C3=CC[C@@H]4C(=O)N(c5ccc(C(=O)c6ccccc6)cc5)C(=O)[C@@H]4[C@@H]3C[C@@]3(Cl)C(=O)N(CBr)C(=O)[C@@]23Cl)cc(OC)c1O. The van der Waals surface area contributed by atoms with Crippen LogP contribution in [0.5, 0.6) is 17.2 Å². The number of benzene rings is 3. The quantitative estimate of drug-likeness (QED) is 0.109. The third-order valence-electron chi connectivity index (χ3n) is 10.3. The van der Waals surface area contributed by atoms with Crippen molar-refractivity contribution >= 4 is 74.2 Å². The number of fused-ring (bicyclic) bond motifs is 4. The van der Waals surface area contributed by atoms with Crippen LogP contribution in [0, 0.1) is 17.8 Å². The van der Waals surface area contributed by atoms with E-state index in [2.05, 4.69) is 15.9 Å². The molecule has 10 nitrogen and oxygen atoms in total. The van der Waals surface area contributed by atoms with Crippen molar-refractivity contribution in [3.63, 3.8) is 0 Å². The minimum Gasteiger partial charge on any atom is -0.502 e. The van der Waals surface area contributed by atoms with E-state index in [1.165, 1.54) is 26.4 Å². The standard InChI is InChI=1S/C36H29BrCl2N2O8/c1-48-25-14-20(15-26(49-2)30(25)43)28-22-12-13-23-27(24(22)16-35(38)33(46)40(17-37)34(47)36(28,35)39)32(45)41(31(23)44)21-10-8-19(9-11-21)29(42)18-6-4-3-5-7-18/h3-12,14-15,23-24,27-28,43H,13,16-17H2,1-2H3/t23-,24+,27-,28-,35+,36-/m0/s1. The molecule has 0 radical (unpaired) electrons. The predicted molar refractivity (Wildman–Crippen MR) is 183 cm³/mol. The molecule has 2 aliphatic heterocycles. The van der Waals surface area contributed by atoms with Crippen LogP contribution < -0.4 is 14.4 Å². The summed E-state index contributed by atoms with van der Waals surface area (Å²) < 4.78 is 10.8. The number of hydrogen-bond acceptors (Lipinski definition) is 8. The van der Waals surface area contributed by atoms with Gasteiger partial charge in [-0.25, -0.2) is 0 Å². The normalized spacial score (nSPS) is 29.0. The van der Waals surface area contributed by atoms with E-state index in [1.54, 1.807) is 48.5 Å². The molecular weight excluding hydrogens is 739 g/mol. The molecule has 1 N–H and O–H groups in total. The molecule has 2 heterocycles. The lowest BCUT2D eigenvalue weighted by atomic mass is 9.56. The number of ketones is 1. The number of ether oxygens (including phenoxy) is 2. The first-order valence-corrected chi connectivity index (χ1v) is 17.3. The van der Waals surface area contributed by atoms with Gasteiger partial charge in [0.2, 0.25) is 17.6 Å². The molecule has 3 fully saturated rings. The van der Waals surface area contributed by atoms with Gasteiger partial charge in [-0.05, 0) is 60.7 Å². The van der Waals surface area contributed by atoms with Crippen LogP contribution in [0.15, 0.2) is 78.4 Å². The van der Waals surface area contributed by atoms with E-state index in [0.717, 1.165) is 9.80 Å². The summed E-state index contributed by atoms with van der Waals surface area (Å²) in [6.07, 6.45) is 1.80. The fourth-order valence-corrected chi connectivity index (χ4v) is 9.41. The number of anilines is 1. The average molecular weight is 768 g/mol. The molecule has 3 aromatic carbocycles. The van der Waals surface area contributed by atoms with Gasteiger partial charge >= 0.3 is 0 Å². The zero-order valence-electron chi connectivity index (χ0n) is 26.2. The summed E-state index contributed by atoms with van der Waals surface area (Å²) in [6.45, 7) is 0. The largest absolute Gasteiger partial charge is 0.502 e. The number of allylic oxidation sites excluding steroid dienone is 2. The molecule has 0 spiro atoms. The van der Waals surface area contributed by atoms with Gasteiger partial charge < -0.3 is 14.6 Å². The number of aromatic hydroxyl groups is 1. The highest BCUT2D eigenvalue weighted by molar-refractivity contribution is 9.09. The van der Waals surface area contributed by atoms with E-state index in [1.807, 2.05) is 12.1 Å². The van der Waals surface area contributed by atoms with Crippen LogP contribution in [-0.2, 0) is 19.2 Å². The second-order valence-electron chi connectivity index (χ2n) is 12.5. The molecule has 2 saturated heterocycles. The third-order valence-corrected chi connectivity index (χ3v) is 12.2. The van der Waals surface area contributed by atoms with E-state index in [4.69, 9.17) is 32.7 Å². The first kappa shape index (κ1) is 33.3. The molecule has 1 saturated carbocycles. The Kier molecular flexibility index (Phi) is 8.16. The van der Waals surface area contributed by atoms with Gasteiger partial charge in [-0.1, -0.05) is 57.9 Å². The summed E-state index contributed by atoms with van der Waals surface area (Å²) in [5.74, 6) is -6.26. The van der Waals surface area contributed by atoms with Crippen molar-refractivity contribution in [1.82, 2.24) is 4.90 Å². The van der Waals surface area contributed by atoms with Crippen LogP contribution in [0.1, 0.15) is 40.2 Å². The Morgan fingerprint density at radius 1 is 0.898 bits per heavy atom. The Morgan fingerprint density at radius 3 is 2.10 bits per heavy atom. The molecule has 0 bridgehead atoms. The Balaban J connectivity index is 1.31. The molecule has 7 rings (SSSR count). The van der Waals surface area contributed by atoms with Crippen molar-refractivity contribution < 1.29 is 38.6 Å². The minimum absolute atomic E-state index is 0.0350. The lowest BCUT2D eigenvalue weighted by molar-refractivity contribution is -0.138. The van der Waals surface area contributed by atoms with Crippen LogP contribution in [-0.4, -0.2) is 68.8 Å². The number of hydrogen-bond donors (Lipinski definition) is 1. The number of alkyl halides is 3. The molecule has 0 aromatic heterocycles. The lowest BCUT2D eigenvalue weighted by Crippen LogP contribution is -2.60. The van der Waals surface area contributed by atoms with Gasteiger partial charge in [0, 0.05) is 17.0 Å². The maximum Gasteiger partial charge on any atom is 0.254 e. The van der Waals surface area contributed by atoms with Gasteiger partial charge in [0.15, 0.2) is 27.0 Å². The fourth-order valence-electron chi connectivity index (χ4n) is 7.98. The Morgan fingerprint density at radius 2 is 1.51 bits per heavy atom. The van der Waals surface area contributed by atoms with E-state index in [0.29, 0.717) is 28.0 Å². The predicted octanol–water partition coefficient (Wildman–Crippen LogP) is 5.56. The van der Waals surface area contributed by atoms with E-state index in [9.17, 15) is 29.1 Å². The Hall–Kier alpha value is -4.19. The smallest absolute Gasteiger partial charge is 0.254 e. The number of methoxy groups -OCH3 is 2. The zero-order valence-corrected chi connectivity index (χ0v) is 29.3. The Bertz CT molecular complexity index is 1950. The van der Waals surface area contributed by atoms with Gasteiger partial charge in [0.1, 0.15) is 0 Å². The van der Waals surface area contributed by atoms with Crippen molar-refractivity contribution in [1.29, 1.82) is 0 Å². The second kappa shape index (κ2) is 12.0. The maximum atomic E-state index is 14.4. The molecule has 2 aliphatic carbocycles. The number of halogens is 3. The molecule has 3 aromatic rings. The molecule has 4 amide bonds. The van der Waals surface area contributed by atoms with Crippen LogP contribution in [0.25, 0.3) is 0 Å². The summed E-state index contributed by atoms with van der Waals surface area (Å²) in [7, 11) is 2.71. The molecule has 0 unspecified atom stereocenters. The van der Waals surface area contributed by atoms with Gasteiger partial charge in [0.25, 0.3) is 11.8 Å². The first-order valence-electron chi connectivity index (χ1n) is 15.5. The number of nitrogens with zero attached hydrogens (tertiary/aromatic N) is 2. The first-order chi connectivity index (χ1) is 23.4. The van der Waals surface area contributed by atoms with Crippen LogP contribution >= 0.6 is 39.1 Å². The average Bonchev–Trinajstić information content (AvgIpc) is 3.45. The number of amides is 4. The van der Waals surface area contributed by atoms with E-state index in [-0.39, 0.29) is 41.3 Å². The summed E-state index contributed by atoms with van der Waals surface area (Å²) in [5.41, 5.74) is 1.99. The van der Waals surface area contributed by atoms with E-state index >= 15 is 0 Å². The number of carbonyl (C=O) groups is 5. The molecule has 252 valence electrons. The fraction of sp³-hybridized carbons (Fsp3) is 0.306. The number of rotatable bonds is 7. The summed E-state index contributed by atoms with van der Waals surface area (Å²) in [6, 6.07) is 18.0. The van der Waals surface area contributed by atoms with Crippen LogP contribution in [0.4, 0.5) is 5.69 Å². The monoisotopic (exact) mass is 766 g/mol. The number of imide groups is 2. The second-order valence-corrected chi connectivity index (χ2v) is 14.3. The van der Waals surface area contributed by atoms with Gasteiger partial charge in [0.05, 0.1) is 37.2 Å². The third kappa shape index (κ3) is 4.62. The van der Waals surface area contributed by atoms with Crippen molar-refractivity contribution in [3.8, 4) is 17.2 Å². The van der Waals surface area contributed by atoms with Crippen molar-refractivity contribution in [2.45, 2.75) is 28.5 Å². The highest BCUT2D eigenvalue weighted by Gasteiger charge is 2.76. The number of phenolic OH excluding ortho intramolecular Hbond substituents is 1. The van der Waals surface area contributed by atoms with E-state index < -0.39 is 57.0 Å². The minimum atomic E-state index is -2.03. The summed E-state index contributed by atoms with van der Waals surface area (Å²) >= 11 is 17.8. The highest BCUT2D eigenvalue weighted by Crippen LogP contribution is 2.66. The molecule has 49 heavy (non-hydrogen) atoms. The van der Waals surface area contributed by atoms with Crippen LogP contribution in [0.3, 0.4) is 0 Å². The van der Waals surface area contributed by atoms with Crippen molar-refractivity contribution in [2.24, 2.45) is 17.8 Å².